The number of nitrogens with two attached hydrogens (primary N) is 1. The van der Waals surface area contributed by atoms with Crippen LogP contribution < -0.4 is 16.6 Å². The number of hydrazine groups is 1. The average molecular weight is 250 g/mol. The number of hydrogen-bond acceptors (Lipinski definition) is 4. The van der Waals surface area contributed by atoms with E-state index < -0.39 is 0 Å². The number of nitrogens with one attached hydrogen (secondary N) is 2. The molecule has 0 aromatic carbocycles. The smallest absolute Gasteiger partial charge is 0.0704 e. The molecule has 4 heteroatoms. The highest BCUT2D eigenvalue weighted by atomic mass is 15.2. The quantitative estimate of drug-likeness (QED) is 0.569. The second-order valence-electron chi connectivity index (χ2n) is 4.28. The summed E-state index contributed by atoms with van der Waals surface area (Å²) in [4.78, 5) is 4.67. The number of hydrogen-bond donors (Lipinski definition) is 3. The van der Waals surface area contributed by atoms with Crippen LogP contribution in [-0.4, -0.2) is 11.0 Å². The van der Waals surface area contributed by atoms with E-state index in [-0.39, 0.29) is 0 Å². The van der Waals surface area contributed by atoms with E-state index in [0.717, 1.165) is 37.2 Å². The van der Waals surface area contributed by atoms with Crippen LogP contribution in [0.15, 0.2) is 6.07 Å². The first-order valence-corrected chi connectivity index (χ1v) is 7.00. The zero-order valence-electron chi connectivity index (χ0n) is 12.0. The number of aromatic nitrogens is 1. The topological polar surface area (TPSA) is 63.0 Å². The minimum absolute atomic E-state index is 0.576. The summed E-state index contributed by atoms with van der Waals surface area (Å²) in [5.41, 5.74) is 7.28. The molecule has 1 aromatic heterocycles. The summed E-state index contributed by atoms with van der Waals surface area (Å²) >= 11 is 0. The van der Waals surface area contributed by atoms with Crippen LogP contribution in [0.5, 0.6) is 0 Å². The third kappa shape index (κ3) is 3.21. The zero-order chi connectivity index (χ0) is 13.5. The van der Waals surface area contributed by atoms with E-state index in [1.807, 2.05) is 13.8 Å². The van der Waals surface area contributed by atoms with Crippen LogP contribution in [0.25, 0.3) is 0 Å². The maximum atomic E-state index is 5.52. The molecule has 0 radical (unpaired) electrons. The molecule has 0 saturated carbocycles. The van der Waals surface area contributed by atoms with E-state index >= 15 is 0 Å². The van der Waals surface area contributed by atoms with Gasteiger partial charge in [0.25, 0.3) is 0 Å². The maximum absolute atomic E-state index is 5.52. The monoisotopic (exact) mass is 250 g/mol. The fraction of sp³-hybridized carbons (Fsp3) is 0.643. The Bertz CT molecular complexity index is 376. The Kier molecular flexibility index (Phi) is 6.09. The van der Waals surface area contributed by atoms with Crippen LogP contribution in [0.1, 0.15) is 51.1 Å². The third-order valence-corrected chi connectivity index (χ3v) is 3.28. The summed E-state index contributed by atoms with van der Waals surface area (Å²) in [6, 6.07) is 2.73. The average Bonchev–Trinajstić information content (AvgIpc) is 2.47. The Morgan fingerprint density at radius 3 is 2.72 bits per heavy atom. The van der Waals surface area contributed by atoms with Gasteiger partial charge in [0.15, 0.2) is 0 Å². The summed E-state index contributed by atoms with van der Waals surface area (Å²) < 4.78 is 0. The van der Waals surface area contributed by atoms with Gasteiger partial charge in [-0.2, -0.15) is 0 Å². The summed E-state index contributed by atoms with van der Waals surface area (Å²) in [7, 11) is 0. The van der Waals surface area contributed by atoms with Gasteiger partial charge in [0, 0.05) is 12.6 Å². The van der Waals surface area contributed by atoms with E-state index in [2.05, 4.69) is 35.6 Å². The number of nitrogen functional groups attached to an aromatic ring is 1. The molecular formula is C14H26N4. The minimum atomic E-state index is 0.576. The van der Waals surface area contributed by atoms with Crippen molar-refractivity contribution in [2.45, 2.75) is 59.5 Å². The Balaban J connectivity index is 0.000000771. The molecule has 0 amide bonds. The van der Waals surface area contributed by atoms with E-state index in [9.17, 15) is 0 Å². The lowest BCUT2D eigenvalue weighted by atomic mass is 9.97. The van der Waals surface area contributed by atoms with Gasteiger partial charge in [-0.3, -0.25) is 10.8 Å². The molecule has 1 unspecified atom stereocenters. The van der Waals surface area contributed by atoms with Crippen LogP contribution in [0.3, 0.4) is 0 Å². The molecule has 4 nitrogen and oxygen atoms in total. The number of pyridine rings is 1. The van der Waals surface area contributed by atoms with E-state index in [1.165, 1.54) is 11.3 Å². The van der Waals surface area contributed by atoms with Crippen molar-refractivity contribution in [1.82, 2.24) is 10.3 Å². The number of nitrogens with zero attached hydrogens (tertiary/aromatic N) is 1. The Hall–Kier alpha value is -1.13. The molecule has 1 aromatic rings. The second kappa shape index (κ2) is 7.34. The van der Waals surface area contributed by atoms with Crippen LogP contribution >= 0.6 is 0 Å². The van der Waals surface area contributed by atoms with Crippen LogP contribution in [0.2, 0.25) is 0 Å². The molecule has 102 valence electrons. The van der Waals surface area contributed by atoms with Crippen molar-refractivity contribution in [3.63, 3.8) is 0 Å². The lowest BCUT2D eigenvalue weighted by molar-refractivity contribution is 0.460. The summed E-state index contributed by atoms with van der Waals surface area (Å²) in [6.45, 7) is 9.19. The molecule has 1 atom stereocenters. The van der Waals surface area contributed by atoms with Gasteiger partial charge in [0.2, 0.25) is 0 Å². The SMILES string of the molecule is CC.CCc1nc2c(cc1NN)CC(CC)NC2. The second-order valence-corrected chi connectivity index (χ2v) is 4.28. The van der Waals surface area contributed by atoms with E-state index in [4.69, 9.17) is 5.84 Å². The Labute approximate surface area is 110 Å². The first-order valence-electron chi connectivity index (χ1n) is 7.00. The van der Waals surface area contributed by atoms with Crippen molar-refractivity contribution in [2.75, 3.05) is 5.43 Å². The third-order valence-electron chi connectivity index (χ3n) is 3.28. The zero-order valence-corrected chi connectivity index (χ0v) is 12.0. The molecule has 1 aliphatic heterocycles. The van der Waals surface area contributed by atoms with Crippen LogP contribution in [-0.2, 0) is 19.4 Å². The molecule has 0 spiro atoms. The number of rotatable bonds is 3. The summed E-state index contributed by atoms with van der Waals surface area (Å²) in [6.07, 6.45) is 3.11. The largest absolute Gasteiger partial charge is 0.322 e. The molecule has 18 heavy (non-hydrogen) atoms. The molecular weight excluding hydrogens is 224 g/mol. The highest BCUT2D eigenvalue weighted by Crippen LogP contribution is 2.23. The normalized spacial score (nSPS) is 17.5. The first kappa shape index (κ1) is 14.9. The Morgan fingerprint density at radius 1 is 1.44 bits per heavy atom. The standard InChI is InChI=1S/C12H20N4.C2H6/c1-3-9-5-8-6-11(16-13)10(4-2)15-12(8)7-14-9;1-2/h6,9,14,16H,3-5,7,13H2,1-2H3;1-2H3. The van der Waals surface area contributed by atoms with Crippen molar-refractivity contribution in [1.29, 1.82) is 0 Å². The summed E-state index contributed by atoms with van der Waals surface area (Å²) in [5.74, 6) is 5.52. The van der Waals surface area contributed by atoms with Crippen LogP contribution in [0, 0.1) is 0 Å². The van der Waals surface area contributed by atoms with Crippen molar-refractivity contribution in [2.24, 2.45) is 5.84 Å². The molecule has 0 saturated heterocycles. The van der Waals surface area contributed by atoms with Crippen molar-refractivity contribution in [3.05, 3.63) is 23.0 Å². The van der Waals surface area contributed by atoms with Gasteiger partial charge in [-0.05, 0) is 30.9 Å². The van der Waals surface area contributed by atoms with Gasteiger partial charge >= 0.3 is 0 Å². The van der Waals surface area contributed by atoms with Crippen LogP contribution in [0.4, 0.5) is 5.69 Å². The first-order chi connectivity index (χ1) is 8.78. The molecule has 2 heterocycles. The number of fused-ring (bicyclic) bond motifs is 1. The lowest BCUT2D eigenvalue weighted by Crippen LogP contribution is -2.35. The minimum Gasteiger partial charge on any atom is -0.322 e. The molecule has 2 rings (SSSR count). The highest BCUT2D eigenvalue weighted by Gasteiger charge is 2.19. The Morgan fingerprint density at radius 2 is 2.17 bits per heavy atom. The molecule has 0 aliphatic carbocycles. The molecule has 0 bridgehead atoms. The maximum Gasteiger partial charge on any atom is 0.0704 e. The van der Waals surface area contributed by atoms with Crippen molar-refractivity contribution < 1.29 is 0 Å². The molecule has 1 aliphatic rings. The fourth-order valence-corrected chi connectivity index (χ4v) is 2.23. The predicted octanol–water partition coefficient (Wildman–Crippen LogP) is 2.38. The highest BCUT2D eigenvalue weighted by molar-refractivity contribution is 5.51. The van der Waals surface area contributed by atoms with Gasteiger partial charge < -0.3 is 10.7 Å². The van der Waals surface area contributed by atoms with Gasteiger partial charge in [0.05, 0.1) is 17.1 Å². The fourth-order valence-electron chi connectivity index (χ4n) is 2.23. The van der Waals surface area contributed by atoms with Crippen molar-refractivity contribution >= 4 is 5.69 Å². The van der Waals surface area contributed by atoms with Gasteiger partial charge in [-0.25, -0.2) is 0 Å². The number of anilines is 1. The predicted molar refractivity (Wildman–Crippen MR) is 77.4 cm³/mol. The van der Waals surface area contributed by atoms with E-state index in [1.54, 1.807) is 0 Å². The number of aryl methyl sites for hydroxylation is 1. The summed E-state index contributed by atoms with van der Waals surface area (Å²) in [5, 5.41) is 3.50. The molecule has 4 N–H and O–H groups in total. The van der Waals surface area contributed by atoms with Gasteiger partial charge in [-0.1, -0.05) is 27.7 Å². The van der Waals surface area contributed by atoms with Gasteiger partial charge in [0.1, 0.15) is 0 Å². The van der Waals surface area contributed by atoms with E-state index in [0.29, 0.717) is 6.04 Å². The molecule has 0 fully saturated rings. The lowest BCUT2D eigenvalue weighted by Gasteiger charge is -2.25. The van der Waals surface area contributed by atoms with Crippen molar-refractivity contribution in [3.8, 4) is 0 Å². The van der Waals surface area contributed by atoms with Gasteiger partial charge in [-0.15, -0.1) is 0 Å².